The minimum absolute atomic E-state index is 0.0759. The highest BCUT2D eigenvalue weighted by atomic mass is 32.2. The fourth-order valence-corrected chi connectivity index (χ4v) is 8.53. The van der Waals surface area contributed by atoms with Gasteiger partial charge in [0, 0.05) is 38.5 Å². The molecule has 2 saturated heterocycles. The molecule has 1 aliphatic carbocycles. The number of hydrogen-bond acceptors (Lipinski definition) is 10. The molecule has 53 heavy (non-hydrogen) atoms. The highest BCUT2D eigenvalue weighted by Crippen LogP contribution is 2.46. The minimum Gasteiger partial charge on any atom is -0.444 e. The molecule has 0 unspecified atom stereocenters. The molecule has 1 saturated carbocycles. The summed E-state index contributed by atoms with van der Waals surface area (Å²) in [4.78, 5) is 71.6. The molecule has 0 spiro atoms. The molecule has 16 nitrogen and oxygen atoms in total. The van der Waals surface area contributed by atoms with Crippen molar-refractivity contribution in [1.82, 2.24) is 29.5 Å². The van der Waals surface area contributed by atoms with Gasteiger partial charge in [-0.15, -0.1) is 0 Å². The van der Waals surface area contributed by atoms with Crippen molar-refractivity contribution in [3.8, 4) is 0 Å². The van der Waals surface area contributed by atoms with Crippen LogP contribution in [0.15, 0.2) is 36.4 Å². The third kappa shape index (κ3) is 9.12. The zero-order chi connectivity index (χ0) is 38.0. The molecule has 0 bridgehead atoms. The maximum Gasteiger partial charge on any atom is 0.410 e. The van der Waals surface area contributed by atoms with Gasteiger partial charge in [0.25, 0.3) is 5.91 Å². The van der Waals surface area contributed by atoms with E-state index in [4.69, 9.17) is 14.2 Å². The number of carbonyl (C=O) groups is 5. The van der Waals surface area contributed by atoms with Crippen LogP contribution < -0.4 is 15.4 Å². The molecule has 4 aliphatic heterocycles. The van der Waals surface area contributed by atoms with Crippen LogP contribution in [0.4, 0.5) is 9.59 Å². The van der Waals surface area contributed by atoms with Crippen molar-refractivity contribution in [1.29, 1.82) is 0 Å². The summed E-state index contributed by atoms with van der Waals surface area (Å²) in [6, 6.07) is 5.42. The maximum atomic E-state index is 14.4. The zero-order valence-electron chi connectivity index (χ0n) is 30.5. The van der Waals surface area contributed by atoms with Crippen LogP contribution in [-0.4, -0.2) is 115 Å². The Hall–Kier alpha value is -4.22. The summed E-state index contributed by atoms with van der Waals surface area (Å²) in [5.74, 6) is -2.63. The lowest BCUT2D eigenvalue weighted by Gasteiger charge is -2.31. The van der Waals surface area contributed by atoms with E-state index in [9.17, 15) is 32.4 Å². The molecule has 5 atom stereocenters. The molecule has 5 amide bonds. The van der Waals surface area contributed by atoms with Crippen LogP contribution in [0.25, 0.3) is 0 Å². The van der Waals surface area contributed by atoms with Crippen molar-refractivity contribution in [2.24, 2.45) is 5.92 Å². The number of nitrogens with one attached hydrogen (secondary N) is 3. The summed E-state index contributed by atoms with van der Waals surface area (Å²) in [7, 11) is -4.24. The molecule has 3 N–H and O–H groups in total. The Morgan fingerprint density at radius 1 is 1.02 bits per heavy atom. The standard InChI is InChI=1S/C36H50N6O10S/c1-35(2,3)52-33(46)37-28-14-8-6-4-5-7-13-26-20-36(26,32(45)39-53(48,49)41-15-17-50-18-16-41)38-30(43)29-19-27(23-42(29)31(28)44)51-34(47)40-21-24-11-9-10-12-25(24)22-40/h7,9-13,26-29H,4-6,8,14-23H2,1-3H3,(H,37,46)(H,38,43)(H,39,45)/t26-,27-,28-,29+,36-/m1/s1. The van der Waals surface area contributed by atoms with Gasteiger partial charge >= 0.3 is 22.4 Å². The molecule has 290 valence electrons. The van der Waals surface area contributed by atoms with E-state index in [2.05, 4.69) is 15.4 Å². The first-order chi connectivity index (χ1) is 25.1. The number of morpholine rings is 1. The van der Waals surface area contributed by atoms with Crippen LogP contribution in [0, 0.1) is 5.92 Å². The molecule has 1 aromatic rings. The second kappa shape index (κ2) is 15.6. The van der Waals surface area contributed by atoms with Crippen molar-refractivity contribution in [2.45, 2.75) is 108 Å². The predicted molar refractivity (Wildman–Crippen MR) is 190 cm³/mol. The van der Waals surface area contributed by atoms with Crippen LogP contribution in [0.5, 0.6) is 0 Å². The van der Waals surface area contributed by atoms with Crippen LogP contribution in [0.3, 0.4) is 0 Å². The second-order valence-corrected chi connectivity index (χ2v) is 17.0. The van der Waals surface area contributed by atoms with Crippen molar-refractivity contribution in [2.75, 3.05) is 32.8 Å². The summed E-state index contributed by atoms with van der Waals surface area (Å²) in [6.07, 6.45) is 4.57. The van der Waals surface area contributed by atoms with Crippen LogP contribution >= 0.6 is 0 Å². The third-order valence-electron chi connectivity index (χ3n) is 10.2. The Morgan fingerprint density at radius 2 is 1.72 bits per heavy atom. The molecule has 3 fully saturated rings. The number of ether oxygens (including phenoxy) is 3. The Kier molecular flexibility index (Phi) is 11.4. The van der Waals surface area contributed by atoms with Crippen LogP contribution in [0.2, 0.25) is 0 Å². The summed E-state index contributed by atoms with van der Waals surface area (Å²) < 4.78 is 46.3. The topological polar surface area (TPSA) is 193 Å². The van der Waals surface area contributed by atoms with Gasteiger partial charge in [-0.05, 0) is 57.6 Å². The molecule has 4 heterocycles. The Bertz CT molecular complexity index is 1700. The quantitative estimate of drug-likeness (QED) is 0.375. The average Bonchev–Trinajstić information content (AvgIpc) is 3.40. The van der Waals surface area contributed by atoms with Crippen molar-refractivity contribution in [3.05, 3.63) is 47.5 Å². The number of rotatable bonds is 5. The summed E-state index contributed by atoms with van der Waals surface area (Å²) in [5.41, 5.74) is -0.413. The Morgan fingerprint density at radius 3 is 2.40 bits per heavy atom. The van der Waals surface area contributed by atoms with Gasteiger partial charge in [0.05, 0.1) is 19.8 Å². The normalized spacial score (nSPS) is 28.4. The Labute approximate surface area is 310 Å². The molecule has 6 rings (SSSR count). The number of benzene rings is 1. The first kappa shape index (κ1) is 38.5. The molecule has 1 aromatic carbocycles. The first-order valence-electron chi connectivity index (χ1n) is 18.4. The predicted octanol–water partition coefficient (Wildman–Crippen LogP) is 2.09. The molecule has 5 aliphatic rings. The van der Waals surface area contributed by atoms with Gasteiger partial charge in [-0.25, -0.2) is 14.3 Å². The van der Waals surface area contributed by atoms with E-state index in [1.165, 1.54) is 4.90 Å². The number of hydrogen-bond donors (Lipinski definition) is 3. The van der Waals surface area contributed by atoms with Gasteiger partial charge in [0.1, 0.15) is 29.3 Å². The maximum absolute atomic E-state index is 14.4. The van der Waals surface area contributed by atoms with Gasteiger partial charge < -0.3 is 29.7 Å². The molecular formula is C36H50N6O10S. The van der Waals surface area contributed by atoms with Crippen LogP contribution in [-0.2, 0) is 51.9 Å². The lowest BCUT2D eigenvalue weighted by atomic mass is 10.0. The summed E-state index contributed by atoms with van der Waals surface area (Å²) in [6.45, 7) is 6.23. The number of nitrogens with zero attached hydrogens (tertiary/aromatic N) is 3. The monoisotopic (exact) mass is 758 g/mol. The van der Waals surface area contributed by atoms with Crippen molar-refractivity contribution in [3.63, 3.8) is 0 Å². The molecule has 17 heteroatoms. The Balaban J connectivity index is 1.25. The van der Waals surface area contributed by atoms with E-state index >= 15 is 0 Å². The lowest BCUT2D eigenvalue weighted by Crippen LogP contribution is -2.59. The smallest absolute Gasteiger partial charge is 0.410 e. The number of amides is 5. The fourth-order valence-electron chi connectivity index (χ4n) is 7.35. The second-order valence-electron chi connectivity index (χ2n) is 15.4. The third-order valence-corrected chi connectivity index (χ3v) is 11.7. The molecule has 0 aromatic heterocycles. The number of alkyl carbamates (subject to hydrolysis) is 1. The van der Waals surface area contributed by atoms with Crippen molar-refractivity contribution < 1.29 is 46.6 Å². The van der Waals surface area contributed by atoms with E-state index in [1.54, 1.807) is 25.7 Å². The van der Waals surface area contributed by atoms with E-state index in [0.717, 1.165) is 28.3 Å². The SMILES string of the molecule is CC(C)(C)OC(=O)N[C@@H]1CCCCCC=C[C@@H]2C[C@@]2(C(=O)NS(=O)(=O)N2CCOCC2)NC(=O)[C@@H]2C[C@@H](OC(=O)N3Cc4ccccc4C3)CN2C1=O. The first-order valence-corrected chi connectivity index (χ1v) is 19.8. The van der Waals surface area contributed by atoms with Gasteiger partial charge in [-0.1, -0.05) is 49.3 Å². The van der Waals surface area contributed by atoms with Gasteiger partial charge in [0.15, 0.2) is 0 Å². The zero-order valence-corrected chi connectivity index (χ0v) is 31.3. The highest BCUT2D eigenvalue weighted by molar-refractivity contribution is 7.87. The van der Waals surface area contributed by atoms with E-state index in [-0.39, 0.29) is 52.1 Å². The molecule has 0 radical (unpaired) electrons. The summed E-state index contributed by atoms with van der Waals surface area (Å²) >= 11 is 0. The summed E-state index contributed by atoms with van der Waals surface area (Å²) in [5, 5.41) is 5.51. The van der Waals surface area contributed by atoms with E-state index in [0.29, 0.717) is 25.9 Å². The van der Waals surface area contributed by atoms with Gasteiger partial charge in [-0.3, -0.25) is 19.3 Å². The largest absolute Gasteiger partial charge is 0.444 e. The number of fused-ring (bicyclic) bond motifs is 3. The minimum atomic E-state index is -4.24. The van der Waals surface area contributed by atoms with Gasteiger partial charge in [-0.2, -0.15) is 12.7 Å². The molecular weight excluding hydrogens is 708 g/mol. The highest BCUT2D eigenvalue weighted by Gasteiger charge is 2.62. The van der Waals surface area contributed by atoms with E-state index < -0.39 is 75.4 Å². The van der Waals surface area contributed by atoms with E-state index in [1.807, 2.05) is 36.4 Å². The fraction of sp³-hybridized carbons (Fsp3) is 0.639. The van der Waals surface area contributed by atoms with Crippen molar-refractivity contribution >= 4 is 40.1 Å². The lowest BCUT2D eigenvalue weighted by molar-refractivity contribution is -0.141. The van der Waals surface area contributed by atoms with Gasteiger partial charge in [0.2, 0.25) is 11.8 Å². The van der Waals surface area contributed by atoms with Crippen LogP contribution in [0.1, 0.15) is 76.8 Å². The number of allylic oxidation sites excluding steroid dienone is 1. The average molecular weight is 759 g/mol. The number of carbonyl (C=O) groups excluding carboxylic acids is 5.